The number of carbonyl (C=O) groups excluding carboxylic acids is 1. The fourth-order valence-electron chi connectivity index (χ4n) is 4.55. The number of hydrogen-bond acceptors (Lipinski definition) is 5. The lowest BCUT2D eigenvalue weighted by molar-refractivity contribution is 0.103. The molecule has 2 aromatic carbocycles. The number of fused-ring (bicyclic) bond motifs is 1. The third kappa shape index (κ3) is 4.68. The molecule has 7 nitrogen and oxygen atoms in total. The maximum atomic E-state index is 13.6. The largest absolute Gasteiger partial charge is 0.361 e. The fraction of sp³-hybridized carbons (Fsp3) is 0.231. The topological polar surface area (TPSA) is 95.2 Å². The first-order valence-corrected chi connectivity index (χ1v) is 13.2. The van der Waals surface area contributed by atoms with Crippen molar-refractivity contribution in [2.75, 3.05) is 29.0 Å². The van der Waals surface area contributed by atoms with E-state index in [1.54, 1.807) is 24.4 Å². The Morgan fingerprint density at radius 3 is 2.62 bits per heavy atom. The molecule has 3 heterocycles. The summed E-state index contributed by atoms with van der Waals surface area (Å²) in [5, 5.41) is 0.994. The molecule has 2 N–H and O–H groups in total. The molecule has 5 rings (SSSR count). The number of pyridine rings is 1. The van der Waals surface area contributed by atoms with Crippen LogP contribution in [0.4, 0.5) is 11.5 Å². The van der Waals surface area contributed by atoms with Crippen LogP contribution in [0.1, 0.15) is 35.2 Å². The summed E-state index contributed by atoms with van der Waals surface area (Å²) in [5.41, 5.74) is 3.92. The van der Waals surface area contributed by atoms with E-state index in [4.69, 9.17) is 0 Å². The summed E-state index contributed by atoms with van der Waals surface area (Å²) < 4.78 is 26.5. The van der Waals surface area contributed by atoms with E-state index in [9.17, 15) is 13.2 Å². The van der Waals surface area contributed by atoms with Gasteiger partial charge in [0.2, 0.25) is 10.0 Å². The van der Waals surface area contributed by atoms with Crippen LogP contribution in [-0.2, 0) is 10.0 Å². The van der Waals surface area contributed by atoms with Crippen molar-refractivity contribution in [1.82, 2.24) is 9.97 Å². The van der Waals surface area contributed by atoms with Gasteiger partial charge in [0.25, 0.3) is 0 Å². The Kier molecular flexibility index (Phi) is 5.83. The second kappa shape index (κ2) is 8.95. The quantitative estimate of drug-likeness (QED) is 0.391. The highest BCUT2D eigenvalue weighted by Gasteiger charge is 2.18. The highest BCUT2D eigenvalue weighted by Crippen LogP contribution is 2.32. The number of aromatic amines is 1. The predicted molar refractivity (Wildman–Crippen MR) is 136 cm³/mol. The van der Waals surface area contributed by atoms with Gasteiger partial charge in [0.1, 0.15) is 5.82 Å². The second-order valence-corrected chi connectivity index (χ2v) is 10.4. The lowest BCUT2D eigenvalue weighted by atomic mass is 9.96. The molecule has 0 spiro atoms. The van der Waals surface area contributed by atoms with Crippen molar-refractivity contribution in [3.8, 4) is 11.1 Å². The number of H-pyrrole nitrogens is 1. The van der Waals surface area contributed by atoms with Gasteiger partial charge in [-0.05, 0) is 72.9 Å². The molecule has 8 heteroatoms. The van der Waals surface area contributed by atoms with Crippen molar-refractivity contribution in [2.24, 2.45) is 0 Å². The smallest absolute Gasteiger partial charge is 0.229 e. The number of carbonyl (C=O) groups is 1. The van der Waals surface area contributed by atoms with Crippen LogP contribution in [0.5, 0.6) is 0 Å². The van der Waals surface area contributed by atoms with Crippen LogP contribution in [0, 0.1) is 0 Å². The number of benzene rings is 2. The SMILES string of the molecule is CS(=O)(=O)Nc1cc(C(=O)c2ccnc(N3CCCCC3)c2)cc(-c2cccc3[nH]ccc23)c1. The standard InChI is InChI=1S/C26H26N4O3S/c1-34(32,33)29-21-15-19(22-6-5-7-24-23(22)9-11-27-24)14-20(16-21)26(31)18-8-10-28-25(17-18)30-12-3-2-4-13-30/h5-11,14-17,27,29H,2-4,12-13H2,1H3. The number of nitrogens with one attached hydrogen (secondary N) is 2. The van der Waals surface area contributed by atoms with Crippen molar-refractivity contribution in [3.63, 3.8) is 0 Å². The average molecular weight is 475 g/mol. The first-order chi connectivity index (χ1) is 16.4. The Hall–Kier alpha value is -3.65. The van der Waals surface area contributed by atoms with E-state index in [1.807, 2.05) is 42.6 Å². The van der Waals surface area contributed by atoms with Gasteiger partial charge in [0, 0.05) is 53.2 Å². The van der Waals surface area contributed by atoms with Crippen LogP contribution in [-0.4, -0.2) is 43.5 Å². The number of rotatable bonds is 6. The first kappa shape index (κ1) is 22.2. The van der Waals surface area contributed by atoms with Crippen molar-refractivity contribution >= 4 is 38.2 Å². The summed E-state index contributed by atoms with van der Waals surface area (Å²) in [7, 11) is -3.52. The summed E-state index contributed by atoms with van der Waals surface area (Å²) in [5.74, 6) is 0.619. The summed E-state index contributed by atoms with van der Waals surface area (Å²) in [6.45, 7) is 1.87. The number of nitrogens with zero attached hydrogens (tertiary/aromatic N) is 2. The molecule has 0 amide bonds. The lowest BCUT2D eigenvalue weighted by Crippen LogP contribution is -2.30. The Morgan fingerprint density at radius 2 is 1.82 bits per heavy atom. The molecule has 0 unspecified atom stereocenters. The number of anilines is 2. The minimum atomic E-state index is -3.52. The molecule has 1 aliphatic rings. The minimum absolute atomic E-state index is 0.180. The Balaban J connectivity index is 1.58. The second-order valence-electron chi connectivity index (χ2n) is 8.70. The zero-order chi connectivity index (χ0) is 23.7. The first-order valence-electron chi connectivity index (χ1n) is 11.3. The summed E-state index contributed by atoms with van der Waals surface area (Å²) in [6.07, 6.45) is 8.07. The molecule has 1 fully saturated rings. The van der Waals surface area contributed by atoms with Crippen LogP contribution >= 0.6 is 0 Å². The number of piperidine rings is 1. The van der Waals surface area contributed by atoms with E-state index in [0.29, 0.717) is 16.8 Å². The Morgan fingerprint density at radius 1 is 1.00 bits per heavy atom. The summed E-state index contributed by atoms with van der Waals surface area (Å²) >= 11 is 0. The fourth-order valence-corrected chi connectivity index (χ4v) is 5.09. The van der Waals surface area contributed by atoms with Crippen molar-refractivity contribution < 1.29 is 13.2 Å². The maximum absolute atomic E-state index is 13.6. The van der Waals surface area contributed by atoms with Crippen molar-refractivity contribution in [2.45, 2.75) is 19.3 Å². The van der Waals surface area contributed by atoms with Crippen LogP contribution in [0.25, 0.3) is 22.0 Å². The molecule has 1 saturated heterocycles. The van der Waals surface area contributed by atoms with E-state index < -0.39 is 10.0 Å². The number of ketones is 1. The highest BCUT2D eigenvalue weighted by molar-refractivity contribution is 7.92. The molecule has 2 aromatic heterocycles. The number of sulfonamides is 1. The monoisotopic (exact) mass is 474 g/mol. The van der Waals surface area contributed by atoms with Gasteiger partial charge in [-0.3, -0.25) is 9.52 Å². The normalized spacial score (nSPS) is 14.3. The Labute approximate surface area is 198 Å². The molecule has 1 aliphatic heterocycles. The molecular formula is C26H26N4O3S. The van der Waals surface area contributed by atoms with Crippen LogP contribution in [0.15, 0.2) is 67.0 Å². The van der Waals surface area contributed by atoms with Gasteiger partial charge in [0.05, 0.1) is 6.26 Å². The molecule has 34 heavy (non-hydrogen) atoms. The zero-order valence-corrected chi connectivity index (χ0v) is 19.7. The van der Waals surface area contributed by atoms with Crippen molar-refractivity contribution in [3.05, 3.63) is 78.1 Å². The molecule has 4 aromatic rings. The molecule has 0 aliphatic carbocycles. The Bertz CT molecular complexity index is 1470. The van der Waals surface area contributed by atoms with Crippen LogP contribution in [0.3, 0.4) is 0 Å². The average Bonchev–Trinajstić information content (AvgIpc) is 3.32. The zero-order valence-electron chi connectivity index (χ0n) is 18.9. The third-order valence-corrected chi connectivity index (χ3v) is 6.70. The third-order valence-electron chi connectivity index (χ3n) is 6.09. The molecule has 174 valence electrons. The van der Waals surface area contributed by atoms with E-state index >= 15 is 0 Å². The van der Waals surface area contributed by atoms with Gasteiger partial charge < -0.3 is 9.88 Å². The lowest BCUT2D eigenvalue weighted by Gasteiger charge is -2.27. The minimum Gasteiger partial charge on any atom is -0.361 e. The summed E-state index contributed by atoms with van der Waals surface area (Å²) in [4.78, 5) is 23.4. The van der Waals surface area contributed by atoms with E-state index in [-0.39, 0.29) is 5.78 Å². The molecule has 0 radical (unpaired) electrons. The molecule has 0 saturated carbocycles. The van der Waals surface area contributed by atoms with Gasteiger partial charge in [-0.15, -0.1) is 0 Å². The van der Waals surface area contributed by atoms with Gasteiger partial charge in [0.15, 0.2) is 5.78 Å². The summed E-state index contributed by atoms with van der Waals surface area (Å²) in [6, 6.07) is 16.5. The number of hydrogen-bond donors (Lipinski definition) is 2. The molecular weight excluding hydrogens is 448 g/mol. The maximum Gasteiger partial charge on any atom is 0.229 e. The van der Waals surface area contributed by atoms with E-state index in [1.165, 1.54) is 6.42 Å². The van der Waals surface area contributed by atoms with Gasteiger partial charge in [-0.25, -0.2) is 13.4 Å². The van der Waals surface area contributed by atoms with Crippen molar-refractivity contribution in [1.29, 1.82) is 0 Å². The number of aromatic nitrogens is 2. The van der Waals surface area contributed by atoms with Gasteiger partial charge in [-0.1, -0.05) is 12.1 Å². The van der Waals surface area contributed by atoms with Crippen LogP contribution < -0.4 is 9.62 Å². The molecule has 0 bridgehead atoms. The predicted octanol–water partition coefficient (Wildman–Crippen LogP) is 4.82. The van der Waals surface area contributed by atoms with E-state index in [2.05, 4.69) is 19.6 Å². The van der Waals surface area contributed by atoms with Crippen LogP contribution in [0.2, 0.25) is 0 Å². The van der Waals surface area contributed by atoms with E-state index in [0.717, 1.165) is 60.0 Å². The highest BCUT2D eigenvalue weighted by atomic mass is 32.2. The molecule has 0 atom stereocenters. The van der Waals surface area contributed by atoms with Gasteiger partial charge in [-0.2, -0.15) is 0 Å². The van der Waals surface area contributed by atoms with Gasteiger partial charge >= 0.3 is 0 Å².